The lowest BCUT2D eigenvalue weighted by atomic mass is 10.1. The van der Waals surface area contributed by atoms with Crippen molar-refractivity contribution in [2.24, 2.45) is 0 Å². The molecular formula is C29H26BrCl2N3O3. The van der Waals surface area contributed by atoms with Crippen LogP contribution in [0.4, 0.5) is 5.69 Å². The van der Waals surface area contributed by atoms with Crippen LogP contribution >= 0.6 is 39.1 Å². The molecule has 3 aromatic carbocycles. The molecule has 0 unspecified atom stereocenters. The molecule has 0 radical (unpaired) electrons. The third-order valence-corrected chi connectivity index (χ3v) is 7.14. The minimum absolute atomic E-state index is 0.257. The van der Waals surface area contributed by atoms with Crippen molar-refractivity contribution in [3.8, 4) is 11.5 Å². The number of rotatable bonds is 9. The standard InChI is InChI=1S/C29H26BrCl2N3O3/c1-18-29(19(2)35(34-18)16-21-6-4-5-7-25(21)32)33-28(36)13-9-20-8-11-26(37-3)22(14-20)17-38-27-12-10-23(31)15-24(27)30/h4-15H,16-17H2,1-3H3,(H,33,36)/b13-9+. The number of nitrogens with one attached hydrogen (secondary N) is 1. The van der Waals surface area contributed by atoms with Crippen LogP contribution in [0.1, 0.15) is 28.1 Å². The summed E-state index contributed by atoms with van der Waals surface area (Å²) in [6, 6.07) is 18.6. The molecular weight excluding hydrogens is 589 g/mol. The van der Waals surface area contributed by atoms with E-state index in [9.17, 15) is 4.79 Å². The molecule has 0 aliphatic rings. The fourth-order valence-corrected chi connectivity index (χ4v) is 4.91. The minimum atomic E-state index is -0.257. The van der Waals surface area contributed by atoms with Gasteiger partial charge in [-0.2, -0.15) is 5.10 Å². The molecule has 0 atom stereocenters. The lowest BCUT2D eigenvalue weighted by Crippen LogP contribution is -2.10. The zero-order valence-electron chi connectivity index (χ0n) is 21.1. The molecule has 1 heterocycles. The third kappa shape index (κ3) is 6.78. The highest BCUT2D eigenvalue weighted by molar-refractivity contribution is 9.10. The molecule has 4 rings (SSSR count). The first-order valence-corrected chi connectivity index (χ1v) is 13.3. The highest BCUT2D eigenvalue weighted by Crippen LogP contribution is 2.30. The van der Waals surface area contributed by atoms with Gasteiger partial charge in [-0.15, -0.1) is 0 Å². The predicted octanol–water partition coefficient (Wildman–Crippen LogP) is 7.86. The Kier molecular flexibility index (Phi) is 9.15. The Morgan fingerprint density at radius 1 is 1.05 bits per heavy atom. The van der Waals surface area contributed by atoms with E-state index in [2.05, 4.69) is 26.3 Å². The molecule has 1 amide bonds. The number of nitrogens with zero attached hydrogens (tertiary/aromatic N) is 2. The van der Waals surface area contributed by atoms with E-state index in [-0.39, 0.29) is 12.5 Å². The van der Waals surface area contributed by atoms with Crippen molar-refractivity contribution in [1.82, 2.24) is 9.78 Å². The second-order valence-electron chi connectivity index (χ2n) is 8.55. The maximum Gasteiger partial charge on any atom is 0.248 e. The molecule has 6 nitrogen and oxygen atoms in total. The van der Waals surface area contributed by atoms with Gasteiger partial charge in [0.2, 0.25) is 5.91 Å². The van der Waals surface area contributed by atoms with Crippen molar-refractivity contribution in [2.45, 2.75) is 27.0 Å². The number of methoxy groups -OCH3 is 1. The van der Waals surface area contributed by atoms with Gasteiger partial charge in [-0.05, 0) is 83.4 Å². The Balaban J connectivity index is 1.45. The van der Waals surface area contributed by atoms with Crippen molar-refractivity contribution in [1.29, 1.82) is 0 Å². The van der Waals surface area contributed by atoms with E-state index >= 15 is 0 Å². The van der Waals surface area contributed by atoms with Crippen LogP contribution in [0.3, 0.4) is 0 Å². The Labute approximate surface area is 240 Å². The molecule has 0 saturated carbocycles. The van der Waals surface area contributed by atoms with Crippen LogP contribution in [0, 0.1) is 13.8 Å². The van der Waals surface area contributed by atoms with Crippen LogP contribution in [0.25, 0.3) is 6.08 Å². The molecule has 0 aliphatic heterocycles. The maximum atomic E-state index is 12.8. The fourth-order valence-electron chi connectivity index (χ4n) is 3.92. The van der Waals surface area contributed by atoms with E-state index in [1.807, 2.05) is 61.0 Å². The van der Waals surface area contributed by atoms with Crippen LogP contribution in [-0.2, 0) is 17.9 Å². The Morgan fingerprint density at radius 2 is 1.82 bits per heavy atom. The van der Waals surface area contributed by atoms with Gasteiger partial charge in [0.05, 0.1) is 35.2 Å². The van der Waals surface area contributed by atoms with E-state index in [0.717, 1.165) is 32.6 Å². The van der Waals surface area contributed by atoms with Crippen LogP contribution in [0.5, 0.6) is 11.5 Å². The van der Waals surface area contributed by atoms with Crippen molar-refractivity contribution in [3.63, 3.8) is 0 Å². The molecule has 0 fully saturated rings. The largest absolute Gasteiger partial charge is 0.496 e. The monoisotopic (exact) mass is 613 g/mol. The topological polar surface area (TPSA) is 65.4 Å². The second-order valence-corrected chi connectivity index (χ2v) is 10.3. The molecule has 0 spiro atoms. The number of hydrogen-bond acceptors (Lipinski definition) is 4. The highest BCUT2D eigenvalue weighted by atomic mass is 79.9. The molecule has 38 heavy (non-hydrogen) atoms. The Morgan fingerprint density at radius 3 is 2.55 bits per heavy atom. The van der Waals surface area contributed by atoms with E-state index in [4.69, 9.17) is 32.7 Å². The van der Waals surface area contributed by atoms with Crippen molar-refractivity contribution in [2.75, 3.05) is 12.4 Å². The number of ether oxygens (including phenoxy) is 2. The zero-order valence-corrected chi connectivity index (χ0v) is 24.2. The van der Waals surface area contributed by atoms with Gasteiger partial charge in [0.25, 0.3) is 0 Å². The maximum absolute atomic E-state index is 12.8. The number of aryl methyl sites for hydroxylation is 1. The first-order valence-electron chi connectivity index (χ1n) is 11.8. The molecule has 9 heteroatoms. The number of hydrogen-bond donors (Lipinski definition) is 1. The normalized spacial score (nSPS) is 11.1. The summed E-state index contributed by atoms with van der Waals surface area (Å²) < 4.78 is 14.0. The molecule has 0 saturated heterocycles. The van der Waals surface area contributed by atoms with Crippen molar-refractivity contribution in [3.05, 3.63) is 109 Å². The summed E-state index contributed by atoms with van der Waals surface area (Å²) in [5, 5.41) is 8.84. The average molecular weight is 615 g/mol. The minimum Gasteiger partial charge on any atom is -0.496 e. The smallest absolute Gasteiger partial charge is 0.248 e. The molecule has 0 aliphatic carbocycles. The fraction of sp³-hybridized carbons (Fsp3) is 0.172. The van der Waals surface area contributed by atoms with Gasteiger partial charge >= 0.3 is 0 Å². The van der Waals surface area contributed by atoms with Crippen LogP contribution in [0.15, 0.2) is 71.2 Å². The molecule has 1 aromatic heterocycles. The molecule has 1 N–H and O–H groups in total. The van der Waals surface area contributed by atoms with E-state index in [0.29, 0.717) is 33.8 Å². The van der Waals surface area contributed by atoms with Crippen LogP contribution in [-0.4, -0.2) is 22.8 Å². The van der Waals surface area contributed by atoms with E-state index < -0.39 is 0 Å². The quantitative estimate of drug-likeness (QED) is 0.195. The summed E-state index contributed by atoms with van der Waals surface area (Å²) in [4.78, 5) is 12.8. The SMILES string of the molecule is COc1ccc(/C=C/C(=O)Nc2c(C)nn(Cc3ccccc3Cl)c2C)cc1COc1ccc(Cl)cc1Br. The first-order chi connectivity index (χ1) is 18.2. The first kappa shape index (κ1) is 27.8. The summed E-state index contributed by atoms with van der Waals surface area (Å²) in [5.41, 5.74) is 4.89. The number of halogens is 3. The number of anilines is 1. The van der Waals surface area contributed by atoms with Gasteiger partial charge < -0.3 is 14.8 Å². The van der Waals surface area contributed by atoms with E-state index in [1.165, 1.54) is 6.08 Å². The summed E-state index contributed by atoms with van der Waals surface area (Å²) in [6.07, 6.45) is 3.24. The Hall–Kier alpha value is -3.26. The van der Waals surface area contributed by atoms with Crippen LogP contribution < -0.4 is 14.8 Å². The third-order valence-electron chi connectivity index (χ3n) is 5.92. The van der Waals surface area contributed by atoms with Gasteiger partial charge in [0.1, 0.15) is 18.1 Å². The lowest BCUT2D eigenvalue weighted by molar-refractivity contribution is -0.111. The number of amides is 1. The lowest BCUT2D eigenvalue weighted by Gasteiger charge is -2.12. The van der Waals surface area contributed by atoms with Gasteiger partial charge in [-0.1, -0.05) is 47.5 Å². The number of aromatic nitrogens is 2. The second kappa shape index (κ2) is 12.5. The summed E-state index contributed by atoms with van der Waals surface area (Å²) in [6.45, 7) is 4.58. The van der Waals surface area contributed by atoms with Gasteiger partial charge in [-0.3, -0.25) is 9.48 Å². The van der Waals surface area contributed by atoms with E-state index in [1.54, 1.807) is 31.4 Å². The van der Waals surface area contributed by atoms with Crippen molar-refractivity contribution >= 4 is 56.8 Å². The summed E-state index contributed by atoms with van der Waals surface area (Å²) >= 11 is 15.8. The molecule has 0 bridgehead atoms. The van der Waals surface area contributed by atoms with Gasteiger partial charge in [0.15, 0.2) is 0 Å². The van der Waals surface area contributed by atoms with Crippen molar-refractivity contribution < 1.29 is 14.3 Å². The summed E-state index contributed by atoms with van der Waals surface area (Å²) in [7, 11) is 1.61. The number of carbonyl (C=O) groups is 1. The highest BCUT2D eigenvalue weighted by Gasteiger charge is 2.14. The molecule has 4 aromatic rings. The zero-order chi connectivity index (χ0) is 27.2. The summed E-state index contributed by atoms with van der Waals surface area (Å²) in [5.74, 6) is 1.10. The number of benzene rings is 3. The Bertz CT molecular complexity index is 1500. The van der Waals surface area contributed by atoms with Gasteiger partial charge in [0, 0.05) is 21.7 Å². The van der Waals surface area contributed by atoms with Gasteiger partial charge in [-0.25, -0.2) is 0 Å². The number of carbonyl (C=O) groups excluding carboxylic acids is 1. The van der Waals surface area contributed by atoms with Crippen LogP contribution in [0.2, 0.25) is 10.0 Å². The average Bonchev–Trinajstić information content (AvgIpc) is 3.15. The predicted molar refractivity (Wildman–Crippen MR) is 156 cm³/mol. The molecule has 196 valence electrons.